The Labute approximate surface area is 152 Å². The molecule has 0 fully saturated rings. The molecule has 0 saturated carbocycles. The van der Waals surface area contributed by atoms with E-state index in [2.05, 4.69) is 20.8 Å². The molecule has 124 valence electrons. The van der Waals surface area contributed by atoms with Crippen molar-refractivity contribution >= 4 is 58.2 Å². The summed E-state index contributed by atoms with van der Waals surface area (Å²) in [6.45, 7) is 5.66. The molecule has 0 aliphatic rings. The van der Waals surface area contributed by atoms with Crippen LogP contribution in [0.5, 0.6) is 0 Å². The molecular formula is C13H14Cl3N5OS. The lowest BCUT2D eigenvalue weighted by molar-refractivity contribution is -0.115. The third-order valence-corrected chi connectivity index (χ3v) is 4.72. The molecule has 2 rings (SSSR count). The molecular weight excluding hydrogens is 381 g/mol. The zero-order valence-electron chi connectivity index (χ0n) is 12.5. The lowest BCUT2D eigenvalue weighted by atomic mass is 10.3. The Balaban J connectivity index is 2.10. The third-order valence-electron chi connectivity index (χ3n) is 2.86. The number of benzene rings is 1. The van der Waals surface area contributed by atoms with E-state index in [4.69, 9.17) is 34.8 Å². The van der Waals surface area contributed by atoms with Gasteiger partial charge in [-0.15, -0.1) is 5.10 Å². The van der Waals surface area contributed by atoms with E-state index in [1.54, 1.807) is 11.6 Å². The number of tetrazole rings is 1. The molecule has 1 heterocycles. The maximum Gasteiger partial charge on any atom is 0.237 e. The maximum atomic E-state index is 12.3. The molecule has 6 nitrogen and oxygen atoms in total. The molecule has 0 aliphatic carbocycles. The molecule has 23 heavy (non-hydrogen) atoms. The number of nitrogens with one attached hydrogen (secondary N) is 1. The fourth-order valence-electron chi connectivity index (χ4n) is 1.69. The van der Waals surface area contributed by atoms with Crippen LogP contribution in [0, 0.1) is 0 Å². The van der Waals surface area contributed by atoms with Crippen molar-refractivity contribution in [3.8, 4) is 0 Å². The van der Waals surface area contributed by atoms with E-state index in [1.807, 2.05) is 13.8 Å². The van der Waals surface area contributed by atoms with E-state index in [1.165, 1.54) is 23.9 Å². The van der Waals surface area contributed by atoms with Crippen molar-refractivity contribution in [1.29, 1.82) is 0 Å². The number of halogens is 3. The Bertz CT molecular complexity index is 698. The van der Waals surface area contributed by atoms with E-state index >= 15 is 0 Å². The van der Waals surface area contributed by atoms with Gasteiger partial charge in [0.2, 0.25) is 11.1 Å². The first-order chi connectivity index (χ1) is 10.8. The monoisotopic (exact) mass is 393 g/mol. The van der Waals surface area contributed by atoms with Crippen LogP contribution in [0.2, 0.25) is 15.1 Å². The Kier molecular flexibility index (Phi) is 6.13. The Hall–Kier alpha value is -1.02. The number of amides is 1. The van der Waals surface area contributed by atoms with Crippen molar-refractivity contribution in [3.05, 3.63) is 27.2 Å². The Morgan fingerprint density at radius 1 is 1.22 bits per heavy atom. The summed E-state index contributed by atoms with van der Waals surface area (Å²) in [5.41, 5.74) is 0.332. The number of nitrogens with zero attached hydrogens (tertiary/aromatic N) is 4. The fourth-order valence-corrected chi connectivity index (χ4v) is 3.52. The summed E-state index contributed by atoms with van der Waals surface area (Å²) >= 11 is 19.2. The summed E-state index contributed by atoms with van der Waals surface area (Å²) in [4.78, 5) is 12.3. The highest BCUT2D eigenvalue weighted by Gasteiger charge is 2.21. The Morgan fingerprint density at radius 2 is 1.83 bits per heavy atom. The molecule has 0 saturated heterocycles. The zero-order chi connectivity index (χ0) is 17.1. The second kappa shape index (κ2) is 7.70. The zero-order valence-corrected chi connectivity index (χ0v) is 15.6. The molecule has 0 spiro atoms. The van der Waals surface area contributed by atoms with Crippen LogP contribution in [0.4, 0.5) is 5.69 Å². The molecule has 2 aromatic rings. The summed E-state index contributed by atoms with van der Waals surface area (Å²) in [6.07, 6.45) is 0. The lowest BCUT2D eigenvalue weighted by Crippen LogP contribution is -2.23. The minimum absolute atomic E-state index is 0.0999. The number of hydrogen-bond donors (Lipinski definition) is 1. The normalized spacial score (nSPS) is 12.5. The van der Waals surface area contributed by atoms with E-state index < -0.39 is 5.25 Å². The largest absolute Gasteiger partial charge is 0.323 e. The maximum absolute atomic E-state index is 12.3. The highest BCUT2D eigenvalue weighted by molar-refractivity contribution is 8.00. The van der Waals surface area contributed by atoms with Crippen LogP contribution >= 0.6 is 46.6 Å². The Morgan fingerprint density at radius 3 is 2.39 bits per heavy atom. The number of thioether (sulfide) groups is 1. The second-order valence-electron chi connectivity index (χ2n) is 4.99. The van der Waals surface area contributed by atoms with Crippen molar-refractivity contribution in [3.63, 3.8) is 0 Å². The van der Waals surface area contributed by atoms with E-state index in [9.17, 15) is 4.79 Å². The fraction of sp³-hybridized carbons (Fsp3) is 0.385. The third kappa shape index (κ3) is 4.50. The topological polar surface area (TPSA) is 72.7 Å². The number of carbonyl (C=O) groups excluding carboxylic acids is 1. The van der Waals surface area contributed by atoms with Gasteiger partial charge in [-0.25, -0.2) is 4.68 Å². The standard InChI is InChI=1S/C13H14Cl3N5OS/c1-6(2)21-13(18-19-20-21)23-7(3)12(22)17-11-9(15)4-8(14)5-10(11)16/h4-7H,1-3H3,(H,17,22). The molecule has 1 unspecified atom stereocenters. The minimum atomic E-state index is -0.443. The van der Waals surface area contributed by atoms with Crippen molar-refractivity contribution in [2.45, 2.75) is 37.2 Å². The van der Waals surface area contributed by atoms with Gasteiger partial charge in [0, 0.05) is 5.02 Å². The number of carbonyl (C=O) groups is 1. The van der Waals surface area contributed by atoms with Gasteiger partial charge in [-0.1, -0.05) is 46.6 Å². The van der Waals surface area contributed by atoms with Gasteiger partial charge in [-0.2, -0.15) is 0 Å². The molecule has 1 amide bonds. The summed E-state index contributed by atoms with van der Waals surface area (Å²) < 4.78 is 1.65. The smallest absolute Gasteiger partial charge is 0.237 e. The lowest BCUT2D eigenvalue weighted by Gasteiger charge is -2.14. The summed E-state index contributed by atoms with van der Waals surface area (Å²) in [5.74, 6) is -0.264. The predicted molar refractivity (Wildman–Crippen MR) is 93.6 cm³/mol. The van der Waals surface area contributed by atoms with Gasteiger partial charge < -0.3 is 5.32 Å². The van der Waals surface area contributed by atoms with Crippen LogP contribution < -0.4 is 5.32 Å². The van der Waals surface area contributed by atoms with Gasteiger partial charge in [0.25, 0.3) is 0 Å². The van der Waals surface area contributed by atoms with Crippen LogP contribution in [-0.4, -0.2) is 31.4 Å². The first-order valence-corrected chi connectivity index (χ1v) is 8.71. The summed E-state index contributed by atoms with van der Waals surface area (Å²) in [5, 5.41) is 15.2. The van der Waals surface area contributed by atoms with Gasteiger partial charge >= 0.3 is 0 Å². The SMILES string of the molecule is CC(Sc1nnnn1C(C)C)C(=O)Nc1c(Cl)cc(Cl)cc1Cl. The van der Waals surface area contributed by atoms with Crippen molar-refractivity contribution in [1.82, 2.24) is 20.2 Å². The van der Waals surface area contributed by atoms with Gasteiger partial charge in [-0.3, -0.25) is 4.79 Å². The van der Waals surface area contributed by atoms with Gasteiger partial charge in [-0.05, 0) is 43.3 Å². The van der Waals surface area contributed by atoms with Crippen LogP contribution in [-0.2, 0) is 4.79 Å². The van der Waals surface area contributed by atoms with Crippen LogP contribution in [0.15, 0.2) is 17.3 Å². The molecule has 10 heteroatoms. The average molecular weight is 395 g/mol. The highest BCUT2D eigenvalue weighted by atomic mass is 35.5. The number of rotatable bonds is 5. The number of anilines is 1. The molecule has 1 aromatic carbocycles. The molecule has 0 bridgehead atoms. The van der Waals surface area contributed by atoms with E-state index in [0.29, 0.717) is 15.9 Å². The minimum Gasteiger partial charge on any atom is -0.323 e. The van der Waals surface area contributed by atoms with E-state index in [0.717, 1.165) is 0 Å². The highest BCUT2D eigenvalue weighted by Crippen LogP contribution is 2.34. The molecule has 1 N–H and O–H groups in total. The number of aromatic nitrogens is 4. The van der Waals surface area contributed by atoms with E-state index in [-0.39, 0.29) is 22.0 Å². The summed E-state index contributed by atoms with van der Waals surface area (Å²) in [6, 6.07) is 3.13. The average Bonchev–Trinajstić information content (AvgIpc) is 2.90. The summed E-state index contributed by atoms with van der Waals surface area (Å²) in [7, 11) is 0. The van der Waals surface area contributed by atoms with Gasteiger partial charge in [0.1, 0.15) is 0 Å². The second-order valence-corrected chi connectivity index (χ2v) is 7.55. The van der Waals surface area contributed by atoms with Crippen LogP contribution in [0.3, 0.4) is 0 Å². The van der Waals surface area contributed by atoms with Crippen molar-refractivity contribution in [2.75, 3.05) is 5.32 Å². The van der Waals surface area contributed by atoms with Crippen molar-refractivity contribution in [2.24, 2.45) is 0 Å². The van der Waals surface area contributed by atoms with Crippen LogP contribution in [0.1, 0.15) is 26.8 Å². The molecule has 1 aromatic heterocycles. The van der Waals surface area contributed by atoms with Crippen molar-refractivity contribution < 1.29 is 4.79 Å². The molecule has 0 aliphatic heterocycles. The quantitative estimate of drug-likeness (QED) is 0.764. The molecule has 1 atom stereocenters. The van der Waals surface area contributed by atoms with Gasteiger partial charge in [0.05, 0.1) is 27.0 Å². The predicted octanol–water partition coefficient (Wildman–Crippen LogP) is 4.33. The molecule has 0 radical (unpaired) electrons. The first kappa shape index (κ1) is 18.3. The first-order valence-electron chi connectivity index (χ1n) is 6.69. The number of hydrogen-bond acceptors (Lipinski definition) is 5. The van der Waals surface area contributed by atoms with Gasteiger partial charge in [0.15, 0.2) is 0 Å². The van der Waals surface area contributed by atoms with Crippen LogP contribution in [0.25, 0.3) is 0 Å².